The van der Waals surface area contributed by atoms with Crippen molar-refractivity contribution in [1.29, 1.82) is 0 Å². The Kier molecular flexibility index (Phi) is 5.06. The highest BCUT2D eigenvalue weighted by Gasteiger charge is 2.08. The molecule has 14 heavy (non-hydrogen) atoms. The van der Waals surface area contributed by atoms with Gasteiger partial charge in [0.05, 0.1) is 0 Å². The summed E-state index contributed by atoms with van der Waals surface area (Å²) in [7, 11) is 0. The van der Waals surface area contributed by atoms with Gasteiger partial charge in [-0.1, -0.05) is 49.8 Å². The topological polar surface area (TPSA) is 0 Å². The molecular formula is C14H20. The van der Waals surface area contributed by atoms with Crippen LogP contribution in [0.4, 0.5) is 0 Å². The summed E-state index contributed by atoms with van der Waals surface area (Å²) in [5, 5.41) is 0. The van der Waals surface area contributed by atoms with Crippen LogP contribution >= 0.6 is 0 Å². The van der Waals surface area contributed by atoms with Crippen LogP contribution in [0, 0.1) is 0 Å². The maximum absolute atomic E-state index is 3.79. The lowest BCUT2D eigenvalue weighted by atomic mass is 9.90. The Morgan fingerprint density at radius 2 is 1.93 bits per heavy atom. The van der Waals surface area contributed by atoms with E-state index in [0.717, 1.165) is 12.3 Å². The Morgan fingerprint density at radius 3 is 2.50 bits per heavy atom. The first-order valence-electron chi connectivity index (χ1n) is 5.54. The van der Waals surface area contributed by atoms with Crippen LogP contribution in [0.15, 0.2) is 43.0 Å². The molecule has 1 aromatic rings. The zero-order valence-electron chi connectivity index (χ0n) is 9.08. The third-order valence-corrected chi connectivity index (χ3v) is 2.63. The van der Waals surface area contributed by atoms with Gasteiger partial charge in [0.2, 0.25) is 0 Å². The van der Waals surface area contributed by atoms with Crippen LogP contribution in [-0.2, 0) is 0 Å². The summed E-state index contributed by atoms with van der Waals surface area (Å²) in [6.07, 6.45) is 6.93. The van der Waals surface area contributed by atoms with Crippen LogP contribution in [0.5, 0.6) is 0 Å². The Balaban J connectivity index is 2.62. The number of rotatable bonds is 6. The molecule has 0 saturated carbocycles. The van der Waals surface area contributed by atoms with Crippen LogP contribution < -0.4 is 0 Å². The number of allylic oxidation sites excluding steroid dienone is 1. The van der Waals surface area contributed by atoms with Crippen molar-refractivity contribution in [2.24, 2.45) is 0 Å². The number of hydrogen-bond donors (Lipinski definition) is 0. The molecular weight excluding hydrogens is 168 g/mol. The van der Waals surface area contributed by atoms with E-state index in [1.54, 1.807) is 0 Å². The van der Waals surface area contributed by atoms with Gasteiger partial charge in [0.1, 0.15) is 0 Å². The van der Waals surface area contributed by atoms with Gasteiger partial charge in [-0.3, -0.25) is 0 Å². The van der Waals surface area contributed by atoms with E-state index in [1.807, 2.05) is 6.08 Å². The minimum atomic E-state index is 0.721. The Labute approximate surface area is 87.7 Å². The molecule has 76 valence electrons. The standard InChI is InChI=1S/C14H20/c1-3-5-10-13(9-4-2)14-11-7-6-8-12-14/h3,6-8,11-13H,1,4-5,9-10H2,2H3. The Hall–Kier alpha value is -1.04. The molecule has 0 bridgehead atoms. The van der Waals surface area contributed by atoms with E-state index < -0.39 is 0 Å². The zero-order valence-corrected chi connectivity index (χ0v) is 9.08. The van der Waals surface area contributed by atoms with Crippen molar-refractivity contribution in [3.8, 4) is 0 Å². The normalized spacial score (nSPS) is 12.4. The highest BCUT2D eigenvalue weighted by Crippen LogP contribution is 2.25. The van der Waals surface area contributed by atoms with E-state index >= 15 is 0 Å². The van der Waals surface area contributed by atoms with E-state index in [4.69, 9.17) is 0 Å². The minimum Gasteiger partial charge on any atom is -0.103 e. The van der Waals surface area contributed by atoms with Crippen molar-refractivity contribution in [2.45, 2.75) is 38.5 Å². The van der Waals surface area contributed by atoms with Gasteiger partial charge >= 0.3 is 0 Å². The van der Waals surface area contributed by atoms with E-state index in [1.165, 1.54) is 24.8 Å². The molecule has 1 atom stereocenters. The van der Waals surface area contributed by atoms with E-state index in [2.05, 4.69) is 43.8 Å². The molecule has 0 aliphatic heterocycles. The van der Waals surface area contributed by atoms with Gasteiger partial charge in [-0.15, -0.1) is 6.58 Å². The van der Waals surface area contributed by atoms with Crippen LogP contribution in [0.3, 0.4) is 0 Å². The molecule has 0 aromatic heterocycles. The molecule has 1 rings (SSSR count). The first-order valence-corrected chi connectivity index (χ1v) is 5.54. The first kappa shape index (κ1) is 11.0. The lowest BCUT2D eigenvalue weighted by molar-refractivity contribution is 0.574. The van der Waals surface area contributed by atoms with Gasteiger partial charge in [0.15, 0.2) is 0 Å². The third kappa shape index (κ3) is 3.37. The summed E-state index contributed by atoms with van der Waals surface area (Å²) < 4.78 is 0. The fourth-order valence-corrected chi connectivity index (χ4v) is 1.87. The Morgan fingerprint density at radius 1 is 1.21 bits per heavy atom. The molecule has 0 heterocycles. The smallest absolute Gasteiger partial charge is 0.0159 e. The predicted molar refractivity (Wildman–Crippen MR) is 63.5 cm³/mol. The molecule has 1 unspecified atom stereocenters. The first-order chi connectivity index (χ1) is 6.88. The quantitative estimate of drug-likeness (QED) is 0.575. The van der Waals surface area contributed by atoms with Crippen LogP contribution in [0.1, 0.15) is 44.1 Å². The van der Waals surface area contributed by atoms with Crippen molar-refractivity contribution < 1.29 is 0 Å². The lowest BCUT2D eigenvalue weighted by Gasteiger charge is -2.15. The molecule has 0 fully saturated rings. The summed E-state index contributed by atoms with van der Waals surface area (Å²) in [4.78, 5) is 0. The van der Waals surface area contributed by atoms with Crippen molar-refractivity contribution in [2.75, 3.05) is 0 Å². The Bertz CT molecular complexity index is 248. The minimum absolute atomic E-state index is 0.721. The van der Waals surface area contributed by atoms with Gasteiger partial charge in [0, 0.05) is 0 Å². The summed E-state index contributed by atoms with van der Waals surface area (Å²) in [6, 6.07) is 10.8. The summed E-state index contributed by atoms with van der Waals surface area (Å²) in [5.74, 6) is 0.721. The third-order valence-electron chi connectivity index (χ3n) is 2.63. The van der Waals surface area contributed by atoms with Gasteiger partial charge in [-0.05, 0) is 30.7 Å². The number of hydrogen-bond acceptors (Lipinski definition) is 0. The second-order valence-corrected chi connectivity index (χ2v) is 3.76. The van der Waals surface area contributed by atoms with E-state index in [9.17, 15) is 0 Å². The monoisotopic (exact) mass is 188 g/mol. The molecule has 0 radical (unpaired) electrons. The molecule has 0 saturated heterocycles. The lowest BCUT2D eigenvalue weighted by Crippen LogP contribution is -1.97. The average Bonchev–Trinajstić information content (AvgIpc) is 2.25. The second kappa shape index (κ2) is 6.42. The summed E-state index contributed by atoms with van der Waals surface area (Å²) >= 11 is 0. The fourth-order valence-electron chi connectivity index (χ4n) is 1.87. The molecule has 0 nitrogen and oxygen atoms in total. The van der Waals surface area contributed by atoms with Gasteiger partial charge in [0.25, 0.3) is 0 Å². The van der Waals surface area contributed by atoms with Gasteiger partial charge in [-0.2, -0.15) is 0 Å². The molecule has 0 aliphatic carbocycles. The number of benzene rings is 1. The molecule has 1 aromatic carbocycles. The van der Waals surface area contributed by atoms with Crippen LogP contribution in [0.25, 0.3) is 0 Å². The average molecular weight is 188 g/mol. The van der Waals surface area contributed by atoms with Gasteiger partial charge in [-0.25, -0.2) is 0 Å². The van der Waals surface area contributed by atoms with Crippen molar-refractivity contribution in [1.82, 2.24) is 0 Å². The maximum atomic E-state index is 3.79. The van der Waals surface area contributed by atoms with Crippen molar-refractivity contribution >= 4 is 0 Å². The molecule has 0 amide bonds. The molecule has 0 aliphatic rings. The van der Waals surface area contributed by atoms with E-state index in [-0.39, 0.29) is 0 Å². The molecule has 0 spiro atoms. The van der Waals surface area contributed by atoms with Crippen LogP contribution in [0.2, 0.25) is 0 Å². The van der Waals surface area contributed by atoms with Crippen molar-refractivity contribution in [3.05, 3.63) is 48.6 Å². The van der Waals surface area contributed by atoms with E-state index in [0.29, 0.717) is 0 Å². The fraction of sp³-hybridized carbons (Fsp3) is 0.429. The zero-order chi connectivity index (χ0) is 10.2. The van der Waals surface area contributed by atoms with Crippen LogP contribution in [-0.4, -0.2) is 0 Å². The second-order valence-electron chi connectivity index (χ2n) is 3.76. The summed E-state index contributed by atoms with van der Waals surface area (Å²) in [5.41, 5.74) is 1.48. The largest absolute Gasteiger partial charge is 0.103 e. The van der Waals surface area contributed by atoms with Crippen molar-refractivity contribution in [3.63, 3.8) is 0 Å². The highest BCUT2D eigenvalue weighted by atomic mass is 14.1. The molecule has 0 heteroatoms. The predicted octanol–water partition coefficient (Wildman–Crippen LogP) is 4.54. The van der Waals surface area contributed by atoms with Gasteiger partial charge < -0.3 is 0 Å². The molecule has 0 N–H and O–H groups in total. The highest BCUT2D eigenvalue weighted by molar-refractivity contribution is 5.19. The SMILES string of the molecule is C=CCCC(CCC)c1ccccc1. The maximum Gasteiger partial charge on any atom is -0.0159 e. The summed E-state index contributed by atoms with van der Waals surface area (Å²) in [6.45, 7) is 6.04.